The summed E-state index contributed by atoms with van der Waals surface area (Å²) in [7, 11) is 0. The number of carbonyl (C=O) groups is 2. The number of nitrogens with zero attached hydrogens (tertiary/aromatic N) is 2. The number of ether oxygens (including phenoxy) is 2. The Morgan fingerprint density at radius 2 is 1.48 bits per heavy atom. The van der Waals surface area contributed by atoms with Gasteiger partial charge in [0.05, 0.1) is 17.0 Å². The first-order chi connectivity index (χ1) is 13.2. The molecule has 0 aliphatic heterocycles. The number of esters is 2. The number of anilines is 1. The third-order valence-electron chi connectivity index (χ3n) is 3.60. The number of nitrogen functional groups attached to an aromatic ring is 1. The first-order valence-electron chi connectivity index (χ1n) is 9.12. The smallest absolute Gasteiger partial charge is 0.343 e. The van der Waals surface area contributed by atoms with Gasteiger partial charge in [-0.15, -0.1) is 0 Å². The molecule has 0 bridgehead atoms. The zero-order chi connectivity index (χ0) is 22.1. The second kappa shape index (κ2) is 7.69. The monoisotopic (exact) mass is 401 g/mol. The second-order valence-corrected chi connectivity index (χ2v) is 8.66. The zero-order valence-electron chi connectivity index (χ0n) is 17.8. The molecule has 2 aromatic heterocycles. The molecule has 2 heterocycles. The van der Waals surface area contributed by atoms with Crippen molar-refractivity contribution in [2.24, 2.45) is 0 Å². The molecular weight excluding hydrogens is 374 g/mol. The second-order valence-electron chi connectivity index (χ2n) is 8.66. The summed E-state index contributed by atoms with van der Waals surface area (Å²) in [5.74, 6) is -1.89. The molecule has 0 unspecified atom stereocenters. The number of aryl methyl sites for hydroxylation is 1. The van der Waals surface area contributed by atoms with Crippen molar-refractivity contribution in [3.05, 3.63) is 34.9 Å². The van der Waals surface area contributed by atoms with Gasteiger partial charge < -0.3 is 20.3 Å². The van der Waals surface area contributed by atoms with Crippen LogP contribution in [0.4, 0.5) is 5.82 Å². The average molecular weight is 401 g/mol. The van der Waals surface area contributed by atoms with Crippen molar-refractivity contribution >= 4 is 17.8 Å². The fraction of sp³-hybridized carbons (Fsp3) is 0.429. The average Bonchev–Trinajstić information content (AvgIpc) is 2.53. The van der Waals surface area contributed by atoms with Gasteiger partial charge in [0.15, 0.2) is 0 Å². The fourth-order valence-corrected chi connectivity index (χ4v) is 2.39. The fourth-order valence-electron chi connectivity index (χ4n) is 2.39. The van der Waals surface area contributed by atoms with E-state index in [-0.39, 0.29) is 28.5 Å². The molecule has 8 nitrogen and oxygen atoms in total. The highest BCUT2D eigenvalue weighted by Gasteiger charge is 2.30. The number of nitrogens with two attached hydrogens (primary N) is 1. The van der Waals surface area contributed by atoms with E-state index in [1.807, 2.05) is 0 Å². The van der Waals surface area contributed by atoms with Gasteiger partial charge in [-0.1, -0.05) is 6.07 Å². The molecule has 0 spiro atoms. The van der Waals surface area contributed by atoms with Crippen LogP contribution >= 0.6 is 0 Å². The summed E-state index contributed by atoms with van der Waals surface area (Å²) in [4.78, 5) is 33.8. The lowest BCUT2D eigenvalue weighted by Gasteiger charge is -2.23. The molecular formula is C21H27N3O5. The maximum atomic E-state index is 12.8. The summed E-state index contributed by atoms with van der Waals surface area (Å²) in [6.07, 6.45) is 0. The molecule has 0 atom stereocenters. The highest BCUT2D eigenvalue weighted by atomic mass is 16.6. The lowest BCUT2D eigenvalue weighted by molar-refractivity contribution is 0.00192. The third kappa shape index (κ3) is 5.66. The topological polar surface area (TPSA) is 125 Å². The van der Waals surface area contributed by atoms with Crippen LogP contribution in [0, 0.1) is 6.92 Å². The molecule has 0 aliphatic carbocycles. The molecule has 0 amide bonds. The first-order valence-corrected chi connectivity index (χ1v) is 9.12. The zero-order valence-corrected chi connectivity index (χ0v) is 17.8. The van der Waals surface area contributed by atoms with Crippen molar-refractivity contribution in [2.45, 2.75) is 59.7 Å². The van der Waals surface area contributed by atoms with Gasteiger partial charge in [0, 0.05) is 5.56 Å². The predicted molar refractivity (Wildman–Crippen MR) is 109 cm³/mol. The predicted octanol–water partition coefficient (Wildman–Crippen LogP) is 3.65. The highest BCUT2D eigenvalue weighted by Crippen LogP contribution is 2.28. The van der Waals surface area contributed by atoms with E-state index in [2.05, 4.69) is 9.97 Å². The normalized spacial score (nSPS) is 11.8. The summed E-state index contributed by atoms with van der Waals surface area (Å²) >= 11 is 0. The minimum atomic E-state index is -0.794. The first kappa shape index (κ1) is 22.1. The number of pyridine rings is 2. The van der Waals surface area contributed by atoms with Crippen LogP contribution in [0.2, 0.25) is 0 Å². The van der Waals surface area contributed by atoms with E-state index in [0.717, 1.165) is 0 Å². The van der Waals surface area contributed by atoms with Crippen LogP contribution in [-0.4, -0.2) is 38.2 Å². The number of rotatable bonds is 3. The van der Waals surface area contributed by atoms with Gasteiger partial charge >= 0.3 is 11.9 Å². The van der Waals surface area contributed by atoms with Crippen molar-refractivity contribution in [3.63, 3.8) is 0 Å². The van der Waals surface area contributed by atoms with Gasteiger partial charge in [-0.3, -0.25) is 0 Å². The molecule has 0 radical (unpaired) electrons. The van der Waals surface area contributed by atoms with Crippen molar-refractivity contribution in [1.82, 2.24) is 9.97 Å². The van der Waals surface area contributed by atoms with Crippen LogP contribution in [0.1, 0.15) is 67.8 Å². The number of aromatic nitrogens is 2. The van der Waals surface area contributed by atoms with E-state index in [4.69, 9.17) is 15.2 Å². The Labute approximate surface area is 170 Å². The Bertz CT molecular complexity index is 956. The lowest BCUT2D eigenvalue weighted by atomic mass is 10.0. The molecule has 8 heteroatoms. The molecule has 2 rings (SSSR count). The van der Waals surface area contributed by atoms with E-state index >= 15 is 0 Å². The maximum absolute atomic E-state index is 12.8. The molecule has 3 N–H and O–H groups in total. The van der Waals surface area contributed by atoms with Crippen LogP contribution in [0.3, 0.4) is 0 Å². The van der Waals surface area contributed by atoms with E-state index in [9.17, 15) is 14.7 Å². The Morgan fingerprint density at radius 1 is 0.931 bits per heavy atom. The number of hydrogen-bond acceptors (Lipinski definition) is 8. The Morgan fingerprint density at radius 3 is 2.00 bits per heavy atom. The highest BCUT2D eigenvalue weighted by molar-refractivity contribution is 6.07. The quantitative estimate of drug-likeness (QED) is 0.747. The molecule has 29 heavy (non-hydrogen) atoms. The van der Waals surface area contributed by atoms with Crippen molar-refractivity contribution in [3.8, 4) is 17.3 Å². The van der Waals surface area contributed by atoms with Crippen LogP contribution < -0.4 is 5.73 Å². The summed E-state index contributed by atoms with van der Waals surface area (Å²) in [5.41, 5.74) is 5.29. The van der Waals surface area contributed by atoms with E-state index in [1.165, 1.54) is 6.07 Å². The Hall–Kier alpha value is -3.16. The van der Waals surface area contributed by atoms with Gasteiger partial charge in [-0.05, 0) is 60.6 Å². The lowest BCUT2D eigenvalue weighted by Crippen LogP contribution is -2.29. The third-order valence-corrected chi connectivity index (χ3v) is 3.60. The maximum Gasteiger partial charge on any atom is 0.343 e. The SMILES string of the molecule is Cc1ccc(-c2cc(C(=O)OC(C)(C)C)c(C(=O)OC(C)(C)C)c(N)n2)nc1O. The molecule has 0 saturated heterocycles. The molecule has 2 aromatic rings. The molecule has 0 fully saturated rings. The van der Waals surface area contributed by atoms with Gasteiger partial charge in [0.2, 0.25) is 5.88 Å². The summed E-state index contributed by atoms with van der Waals surface area (Å²) in [6, 6.07) is 4.65. The Balaban J connectivity index is 2.65. The van der Waals surface area contributed by atoms with Crippen LogP contribution in [0.15, 0.2) is 18.2 Å². The number of carbonyl (C=O) groups excluding carboxylic acids is 2. The van der Waals surface area contributed by atoms with E-state index < -0.39 is 23.1 Å². The van der Waals surface area contributed by atoms with Crippen LogP contribution in [-0.2, 0) is 9.47 Å². The van der Waals surface area contributed by atoms with Gasteiger partial charge in [0.1, 0.15) is 22.6 Å². The molecule has 0 aliphatic rings. The van der Waals surface area contributed by atoms with E-state index in [1.54, 1.807) is 60.6 Å². The minimum absolute atomic E-state index is 0.0847. The molecule has 156 valence electrons. The molecule has 0 aromatic carbocycles. The summed E-state index contributed by atoms with van der Waals surface area (Å²) < 4.78 is 10.8. The van der Waals surface area contributed by atoms with Gasteiger partial charge in [-0.2, -0.15) is 0 Å². The van der Waals surface area contributed by atoms with Crippen molar-refractivity contribution < 1.29 is 24.2 Å². The molecule has 0 saturated carbocycles. The minimum Gasteiger partial charge on any atom is -0.493 e. The number of aromatic hydroxyl groups is 1. The largest absolute Gasteiger partial charge is 0.493 e. The standard InChI is InChI=1S/C21H27N3O5/c1-11-8-9-13(24-17(11)25)14-10-12(18(26)28-20(2,3)4)15(16(22)23-14)19(27)29-21(5,6)7/h8-10H,1-7H3,(H2,22,23)(H,24,25). The van der Waals surface area contributed by atoms with Crippen LogP contribution in [0.5, 0.6) is 5.88 Å². The van der Waals surface area contributed by atoms with Crippen molar-refractivity contribution in [1.29, 1.82) is 0 Å². The summed E-state index contributed by atoms with van der Waals surface area (Å²) in [6.45, 7) is 11.9. The van der Waals surface area contributed by atoms with E-state index in [0.29, 0.717) is 11.3 Å². The van der Waals surface area contributed by atoms with Gasteiger partial charge in [-0.25, -0.2) is 19.6 Å². The van der Waals surface area contributed by atoms with Gasteiger partial charge in [0.25, 0.3) is 0 Å². The van der Waals surface area contributed by atoms with Crippen LogP contribution in [0.25, 0.3) is 11.4 Å². The summed E-state index contributed by atoms with van der Waals surface area (Å²) in [5, 5.41) is 9.90. The Kier molecular flexibility index (Phi) is 5.87. The van der Waals surface area contributed by atoms with Crippen molar-refractivity contribution in [2.75, 3.05) is 5.73 Å². The number of hydrogen-bond donors (Lipinski definition) is 2.